The number of rotatable bonds is 4. The van der Waals surface area contributed by atoms with E-state index in [1.54, 1.807) is 31.2 Å². The second-order valence-corrected chi connectivity index (χ2v) is 4.76. The highest BCUT2D eigenvalue weighted by atomic mass is 19.4. The lowest BCUT2D eigenvalue weighted by molar-refractivity contribution is -0.142. The van der Waals surface area contributed by atoms with Crippen LogP contribution in [0.25, 0.3) is 5.69 Å². The van der Waals surface area contributed by atoms with Crippen LogP contribution in [0.4, 0.5) is 13.2 Å². The van der Waals surface area contributed by atoms with E-state index in [0.717, 1.165) is 12.8 Å². The van der Waals surface area contributed by atoms with Crippen molar-refractivity contribution >= 4 is 0 Å². The van der Waals surface area contributed by atoms with Gasteiger partial charge in [-0.2, -0.15) is 18.3 Å². The minimum atomic E-state index is -4.41. The molecule has 0 unspecified atom stereocenters. The van der Waals surface area contributed by atoms with Crippen molar-refractivity contribution in [2.75, 3.05) is 0 Å². The quantitative estimate of drug-likeness (QED) is 0.805. The fraction of sp³-hybridized carbons (Fsp3) is 0.400. The van der Waals surface area contributed by atoms with E-state index in [9.17, 15) is 13.2 Å². The molecule has 1 aromatic carbocycles. The summed E-state index contributed by atoms with van der Waals surface area (Å²) >= 11 is 0. The third-order valence-corrected chi connectivity index (χ3v) is 3.29. The van der Waals surface area contributed by atoms with Crippen LogP contribution in [-0.2, 0) is 12.6 Å². The summed E-state index contributed by atoms with van der Waals surface area (Å²) in [5, 5.41) is 3.80. The molecule has 0 aliphatic rings. The van der Waals surface area contributed by atoms with Crippen LogP contribution >= 0.6 is 0 Å². The van der Waals surface area contributed by atoms with Crippen LogP contribution in [0.1, 0.15) is 36.7 Å². The van der Waals surface area contributed by atoms with Gasteiger partial charge in [-0.1, -0.05) is 31.5 Å². The molecule has 0 N–H and O–H groups in total. The van der Waals surface area contributed by atoms with Gasteiger partial charge in [0.2, 0.25) is 0 Å². The Hall–Kier alpha value is -1.78. The molecule has 20 heavy (non-hydrogen) atoms. The van der Waals surface area contributed by atoms with Crippen LogP contribution in [0.5, 0.6) is 0 Å². The zero-order chi connectivity index (χ0) is 14.8. The van der Waals surface area contributed by atoms with Crippen LogP contribution in [0.3, 0.4) is 0 Å². The van der Waals surface area contributed by atoms with Crippen molar-refractivity contribution in [3.63, 3.8) is 0 Å². The topological polar surface area (TPSA) is 17.8 Å². The molecule has 0 saturated heterocycles. The molecule has 0 atom stereocenters. The number of unbranched alkanes of at least 4 members (excludes halogenated alkanes) is 1. The Bertz CT molecular complexity index is 571. The van der Waals surface area contributed by atoms with E-state index in [1.807, 2.05) is 13.0 Å². The van der Waals surface area contributed by atoms with Gasteiger partial charge in [0.1, 0.15) is 0 Å². The number of aromatic nitrogens is 2. The summed E-state index contributed by atoms with van der Waals surface area (Å²) in [4.78, 5) is 0. The first-order valence-electron chi connectivity index (χ1n) is 6.66. The molecule has 0 aliphatic heterocycles. The SMILES string of the molecule is CCCCc1c(C(F)(F)F)nn(-c2ccccc2)c1C. The average Bonchev–Trinajstić information content (AvgIpc) is 2.74. The summed E-state index contributed by atoms with van der Waals surface area (Å²) in [7, 11) is 0. The molecule has 1 heterocycles. The van der Waals surface area contributed by atoms with Gasteiger partial charge in [0.05, 0.1) is 5.69 Å². The number of benzene rings is 1. The van der Waals surface area contributed by atoms with Gasteiger partial charge < -0.3 is 0 Å². The third-order valence-electron chi connectivity index (χ3n) is 3.29. The first kappa shape index (κ1) is 14.6. The van der Waals surface area contributed by atoms with Crippen LogP contribution < -0.4 is 0 Å². The fourth-order valence-electron chi connectivity index (χ4n) is 2.24. The molecule has 0 fully saturated rings. The summed E-state index contributed by atoms with van der Waals surface area (Å²) < 4.78 is 40.7. The first-order chi connectivity index (χ1) is 9.45. The van der Waals surface area contributed by atoms with Crippen molar-refractivity contribution < 1.29 is 13.2 Å². The highest BCUT2D eigenvalue weighted by Gasteiger charge is 2.38. The molecule has 0 bridgehead atoms. The maximum atomic E-state index is 13.1. The number of hydrogen-bond acceptors (Lipinski definition) is 1. The van der Waals surface area contributed by atoms with Gasteiger partial charge >= 0.3 is 6.18 Å². The molecule has 0 amide bonds. The first-order valence-corrected chi connectivity index (χ1v) is 6.66. The summed E-state index contributed by atoms with van der Waals surface area (Å²) in [5.74, 6) is 0. The summed E-state index contributed by atoms with van der Waals surface area (Å²) in [6, 6.07) is 8.91. The second-order valence-electron chi connectivity index (χ2n) is 4.76. The zero-order valence-corrected chi connectivity index (χ0v) is 11.5. The van der Waals surface area contributed by atoms with Crippen molar-refractivity contribution in [3.05, 3.63) is 47.3 Å². The average molecular weight is 282 g/mol. The van der Waals surface area contributed by atoms with Crippen LogP contribution in [0, 0.1) is 6.92 Å². The molecule has 0 radical (unpaired) electrons. The van der Waals surface area contributed by atoms with Gasteiger partial charge in [0.25, 0.3) is 0 Å². The lowest BCUT2D eigenvalue weighted by atomic mass is 10.1. The van der Waals surface area contributed by atoms with E-state index in [1.165, 1.54) is 4.68 Å². The molecule has 108 valence electrons. The fourth-order valence-corrected chi connectivity index (χ4v) is 2.24. The lowest BCUT2D eigenvalue weighted by Gasteiger charge is -2.06. The van der Waals surface area contributed by atoms with Crippen LogP contribution in [0.15, 0.2) is 30.3 Å². The monoisotopic (exact) mass is 282 g/mol. The standard InChI is InChI=1S/C15H17F3N2/c1-3-4-10-13-11(2)20(12-8-6-5-7-9-12)19-14(13)15(16,17)18/h5-9H,3-4,10H2,1-2H3. The second kappa shape index (κ2) is 5.69. The maximum Gasteiger partial charge on any atom is 0.435 e. The molecule has 0 spiro atoms. The molecule has 2 nitrogen and oxygen atoms in total. The predicted molar refractivity (Wildman–Crippen MR) is 71.9 cm³/mol. The van der Waals surface area contributed by atoms with E-state index in [2.05, 4.69) is 5.10 Å². The normalized spacial score (nSPS) is 11.8. The minimum Gasteiger partial charge on any atom is -0.237 e. The predicted octanol–water partition coefficient (Wildman–Crippen LogP) is 4.54. The smallest absolute Gasteiger partial charge is 0.237 e. The Balaban J connectivity index is 2.53. The Morgan fingerprint density at radius 1 is 1.15 bits per heavy atom. The summed E-state index contributed by atoms with van der Waals surface area (Å²) in [5.41, 5.74) is 0.769. The summed E-state index contributed by atoms with van der Waals surface area (Å²) in [6.45, 7) is 3.66. The molecule has 5 heteroatoms. The van der Waals surface area contributed by atoms with Gasteiger partial charge in [-0.05, 0) is 31.9 Å². The van der Waals surface area contributed by atoms with Crippen molar-refractivity contribution in [1.82, 2.24) is 9.78 Å². The Morgan fingerprint density at radius 2 is 1.80 bits per heavy atom. The third kappa shape index (κ3) is 2.86. The zero-order valence-electron chi connectivity index (χ0n) is 11.5. The lowest BCUT2D eigenvalue weighted by Crippen LogP contribution is -2.09. The number of nitrogens with zero attached hydrogens (tertiary/aromatic N) is 2. The van der Waals surface area contributed by atoms with Crippen molar-refractivity contribution in [1.29, 1.82) is 0 Å². The molecule has 0 saturated carbocycles. The van der Waals surface area contributed by atoms with E-state index < -0.39 is 11.9 Å². The number of halogens is 3. The van der Waals surface area contributed by atoms with Gasteiger partial charge in [0.15, 0.2) is 5.69 Å². The largest absolute Gasteiger partial charge is 0.435 e. The Morgan fingerprint density at radius 3 is 2.35 bits per heavy atom. The molecule has 2 aromatic rings. The van der Waals surface area contributed by atoms with Crippen molar-refractivity contribution in [2.45, 2.75) is 39.3 Å². The minimum absolute atomic E-state index is 0.309. The van der Waals surface area contributed by atoms with Gasteiger partial charge in [-0.3, -0.25) is 0 Å². The molecular formula is C15H17F3N2. The Kier molecular flexibility index (Phi) is 4.16. The van der Waals surface area contributed by atoms with E-state index in [-0.39, 0.29) is 0 Å². The Labute approximate surface area is 116 Å². The maximum absolute atomic E-state index is 13.1. The van der Waals surface area contributed by atoms with Gasteiger partial charge in [-0.15, -0.1) is 0 Å². The van der Waals surface area contributed by atoms with E-state index >= 15 is 0 Å². The molecule has 2 rings (SSSR count). The summed E-state index contributed by atoms with van der Waals surface area (Å²) in [6.07, 6.45) is -2.42. The highest BCUT2D eigenvalue weighted by molar-refractivity contribution is 5.38. The number of alkyl halides is 3. The van der Waals surface area contributed by atoms with E-state index in [0.29, 0.717) is 23.4 Å². The van der Waals surface area contributed by atoms with Crippen LogP contribution in [-0.4, -0.2) is 9.78 Å². The molecule has 0 aliphatic carbocycles. The number of para-hydroxylation sites is 1. The van der Waals surface area contributed by atoms with Crippen LogP contribution in [0.2, 0.25) is 0 Å². The van der Waals surface area contributed by atoms with Crippen molar-refractivity contribution in [2.24, 2.45) is 0 Å². The molecular weight excluding hydrogens is 265 g/mol. The van der Waals surface area contributed by atoms with E-state index in [4.69, 9.17) is 0 Å². The number of hydrogen-bond donors (Lipinski definition) is 0. The highest BCUT2D eigenvalue weighted by Crippen LogP contribution is 2.34. The van der Waals surface area contributed by atoms with Gasteiger partial charge in [0, 0.05) is 11.3 Å². The van der Waals surface area contributed by atoms with Gasteiger partial charge in [-0.25, -0.2) is 4.68 Å². The molecule has 1 aromatic heterocycles. The van der Waals surface area contributed by atoms with Crippen molar-refractivity contribution in [3.8, 4) is 5.69 Å².